The number of aromatic amines is 1. The third-order valence-electron chi connectivity index (χ3n) is 2.73. The maximum Gasteiger partial charge on any atom is 0.269 e. The van der Waals surface area contributed by atoms with E-state index in [2.05, 4.69) is 20.5 Å². The average molecular weight is 294 g/mol. The normalized spacial score (nSPS) is 10.6. The fourth-order valence-corrected chi connectivity index (χ4v) is 2.77. The van der Waals surface area contributed by atoms with E-state index < -0.39 is 0 Å². The van der Waals surface area contributed by atoms with E-state index in [4.69, 9.17) is 4.74 Å². The van der Waals surface area contributed by atoms with Gasteiger partial charge < -0.3 is 10.1 Å². The summed E-state index contributed by atoms with van der Waals surface area (Å²) in [5.74, 6) is 0.258. The molecule has 0 aliphatic rings. The maximum atomic E-state index is 11.9. The number of H-pyrrole nitrogens is 1. The molecular formula is C13H18N4O2S. The van der Waals surface area contributed by atoms with Crippen molar-refractivity contribution in [1.29, 1.82) is 0 Å². The van der Waals surface area contributed by atoms with Crippen molar-refractivity contribution in [1.82, 2.24) is 20.5 Å². The Morgan fingerprint density at radius 2 is 2.30 bits per heavy atom. The monoisotopic (exact) mass is 294 g/mol. The lowest BCUT2D eigenvalue weighted by molar-refractivity contribution is 0.0949. The molecule has 0 aliphatic carbocycles. The molecule has 2 rings (SSSR count). The highest BCUT2D eigenvalue weighted by Crippen LogP contribution is 2.17. The zero-order chi connectivity index (χ0) is 14.5. The van der Waals surface area contributed by atoms with Gasteiger partial charge >= 0.3 is 0 Å². The average Bonchev–Trinajstić information content (AvgIpc) is 2.97. The molecule has 0 saturated carbocycles. The first-order valence-electron chi connectivity index (χ1n) is 6.49. The molecule has 0 atom stereocenters. The molecule has 0 aliphatic heterocycles. The van der Waals surface area contributed by atoms with Gasteiger partial charge in [0.1, 0.15) is 5.69 Å². The van der Waals surface area contributed by atoms with Gasteiger partial charge in [0.2, 0.25) is 5.88 Å². The Morgan fingerprint density at radius 3 is 2.95 bits per heavy atom. The van der Waals surface area contributed by atoms with Crippen LogP contribution in [0.1, 0.15) is 33.0 Å². The molecule has 0 fully saturated rings. The molecule has 6 nitrogen and oxygen atoms in total. The second-order valence-electron chi connectivity index (χ2n) is 4.30. The van der Waals surface area contributed by atoms with E-state index in [1.807, 2.05) is 20.8 Å². The molecule has 0 aromatic carbocycles. The zero-order valence-electron chi connectivity index (χ0n) is 11.8. The minimum absolute atomic E-state index is 0.178. The summed E-state index contributed by atoms with van der Waals surface area (Å²) in [6.45, 7) is 6.94. The van der Waals surface area contributed by atoms with Crippen LogP contribution in [0.25, 0.3) is 0 Å². The molecule has 2 aromatic heterocycles. The lowest BCUT2D eigenvalue weighted by atomic mass is 10.3. The summed E-state index contributed by atoms with van der Waals surface area (Å²) in [6, 6.07) is 1.60. The zero-order valence-corrected chi connectivity index (χ0v) is 12.6. The predicted molar refractivity (Wildman–Crippen MR) is 77.4 cm³/mol. The first kappa shape index (κ1) is 14.5. The van der Waals surface area contributed by atoms with Crippen LogP contribution in [-0.4, -0.2) is 34.2 Å². The summed E-state index contributed by atoms with van der Waals surface area (Å²) in [6.07, 6.45) is 0.787. The van der Waals surface area contributed by atoms with Crippen molar-refractivity contribution in [3.8, 4) is 5.88 Å². The van der Waals surface area contributed by atoms with Crippen LogP contribution in [0.2, 0.25) is 0 Å². The molecule has 7 heteroatoms. The van der Waals surface area contributed by atoms with E-state index in [9.17, 15) is 4.79 Å². The minimum Gasteiger partial charge on any atom is -0.477 e. The van der Waals surface area contributed by atoms with E-state index >= 15 is 0 Å². The highest BCUT2D eigenvalue weighted by molar-refractivity contribution is 7.11. The van der Waals surface area contributed by atoms with Gasteiger partial charge in [0, 0.05) is 23.9 Å². The standard InChI is InChI=1S/C13H18N4O2S/c1-4-19-12-7-10(16-17-12)13(18)14-6-5-11-8(2)15-9(3)20-11/h7H,4-6H2,1-3H3,(H,14,18)(H,16,17). The van der Waals surface area contributed by atoms with Gasteiger partial charge in [-0.05, 0) is 20.8 Å². The summed E-state index contributed by atoms with van der Waals surface area (Å²) in [4.78, 5) is 17.5. The summed E-state index contributed by atoms with van der Waals surface area (Å²) in [5.41, 5.74) is 1.45. The van der Waals surface area contributed by atoms with Gasteiger partial charge in [-0.3, -0.25) is 9.89 Å². The third kappa shape index (κ3) is 3.57. The Hall–Kier alpha value is -1.89. The van der Waals surface area contributed by atoms with Gasteiger partial charge in [-0.1, -0.05) is 0 Å². The van der Waals surface area contributed by atoms with Crippen molar-refractivity contribution >= 4 is 17.2 Å². The van der Waals surface area contributed by atoms with Crippen LogP contribution < -0.4 is 10.1 Å². The number of nitrogens with zero attached hydrogens (tertiary/aromatic N) is 2. The number of thiazole rings is 1. The first-order valence-corrected chi connectivity index (χ1v) is 7.31. The molecule has 0 radical (unpaired) electrons. The van der Waals surface area contributed by atoms with Gasteiger partial charge in [0.15, 0.2) is 0 Å². The molecule has 1 amide bonds. The quantitative estimate of drug-likeness (QED) is 0.852. The Kier molecular flexibility index (Phi) is 4.73. The van der Waals surface area contributed by atoms with Crippen LogP contribution in [0.3, 0.4) is 0 Å². The number of nitrogens with one attached hydrogen (secondary N) is 2. The van der Waals surface area contributed by atoms with Crippen LogP contribution in [0, 0.1) is 13.8 Å². The van der Waals surface area contributed by atoms with Crippen molar-refractivity contribution in [2.24, 2.45) is 0 Å². The van der Waals surface area contributed by atoms with Crippen LogP contribution in [-0.2, 0) is 6.42 Å². The van der Waals surface area contributed by atoms with Crippen molar-refractivity contribution < 1.29 is 9.53 Å². The molecule has 0 saturated heterocycles. The van der Waals surface area contributed by atoms with Gasteiger partial charge in [-0.2, -0.15) is 0 Å². The minimum atomic E-state index is -0.178. The number of aryl methyl sites for hydroxylation is 2. The summed E-state index contributed by atoms with van der Waals surface area (Å²) >= 11 is 1.67. The fourth-order valence-electron chi connectivity index (χ4n) is 1.83. The topological polar surface area (TPSA) is 79.9 Å². The number of ether oxygens (including phenoxy) is 1. The lowest BCUT2D eigenvalue weighted by Crippen LogP contribution is -2.25. The largest absolute Gasteiger partial charge is 0.477 e. The van der Waals surface area contributed by atoms with Crippen LogP contribution in [0.15, 0.2) is 6.07 Å². The molecule has 2 N–H and O–H groups in total. The van der Waals surface area contributed by atoms with E-state index in [0.29, 0.717) is 24.7 Å². The van der Waals surface area contributed by atoms with Gasteiger partial charge in [0.05, 0.1) is 17.3 Å². The molecule has 20 heavy (non-hydrogen) atoms. The summed E-state index contributed by atoms with van der Waals surface area (Å²) in [7, 11) is 0. The second kappa shape index (κ2) is 6.51. The second-order valence-corrected chi connectivity index (χ2v) is 5.59. The number of aromatic nitrogens is 3. The van der Waals surface area contributed by atoms with Crippen LogP contribution >= 0.6 is 11.3 Å². The van der Waals surface area contributed by atoms with Crippen molar-refractivity contribution in [2.45, 2.75) is 27.2 Å². The summed E-state index contributed by atoms with van der Waals surface area (Å²) < 4.78 is 5.20. The van der Waals surface area contributed by atoms with E-state index in [-0.39, 0.29) is 5.91 Å². The number of hydrogen-bond acceptors (Lipinski definition) is 5. The number of carbonyl (C=O) groups is 1. The van der Waals surface area contributed by atoms with Crippen molar-refractivity contribution in [3.05, 3.63) is 27.3 Å². The number of amides is 1. The molecular weight excluding hydrogens is 276 g/mol. The molecule has 2 aromatic rings. The fraction of sp³-hybridized carbons (Fsp3) is 0.462. The molecule has 0 bridgehead atoms. The Labute approximate surface area is 121 Å². The highest BCUT2D eigenvalue weighted by Gasteiger charge is 2.11. The smallest absolute Gasteiger partial charge is 0.269 e. The Bertz CT molecular complexity index is 591. The van der Waals surface area contributed by atoms with Crippen molar-refractivity contribution in [3.63, 3.8) is 0 Å². The van der Waals surface area contributed by atoms with Gasteiger partial charge in [-0.25, -0.2) is 4.98 Å². The summed E-state index contributed by atoms with van der Waals surface area (Å²) in [5, 5.41) is 10.5. The first-order chi connectivity index (χ1) is 9.60. The van der Waals surface area contributed by atoms with Gasteiger partial charge in [0.25, 0.3) is 5.91 Å². The Balaban J connectivity index is 1.84. The van der Waals surface area contributed by atoms with E-state index in [1.54, 1.807) is 17.4 Å². The highest BCUT2D eigenvalue weighted by atomic mass is 32.1. The lowest BCUT2D eigenvalue weighted by Gasteiger charge is -2.02. The van der Waals surface area contributed by atoms with Crippen LogP contribution in [0.5, 0.6) is 5.88 Å². The van der Waals surface area contributed by atoms with Crippen molar-refractivity contribution in [2.75, 3.05) is 13.2 Å². The number of hydrogen-bond donors (Lipinski definition) is 2. The van der Waals surface area contributed by atoms with Gasteiger partial charge in [-0.15, -0.1) is 16.4 Å². The molecule has 0 spiro atoms. The third-order valence-corrected chi connectivity index (χ3v) is 3.86. The molecule has 108 valence electrons. The molecule has 0 unspecified atom stereocenters. The Morgan fingerprint density at radius 1 is 1.50 bits per heavy atom. The molecule has 2 heterocycles. The SMILES string of the molecule is CCOc1cc(C(=O)NCCc2sc(C)nc2C)[nH]n1. The maximum absolute atomic E-state index is 11.9. The number of carbonyl (C=O) groups excluding carboxylic acids is 1. The van der Waals surface area contributed by atoms with Crippen LogP contribution in [0.4, 0.5) is 0 Å². The predicted octanol–water partition coefficient (Wildman–Crippen LogP) is 1.85. The number of rotatable bonds is 6. The van der Waals surface area contributed by atoms with E-state index in [0.717, 1.165) is 17.1 Å². The van der Waals surface area contributed by atoms with E-state index in [1.165, 1.54) is 4.88 Å².